The first-order chi connectivity index (χ1) is 12.0. The first-order valence-corrected chi connectivity index (χ1v) is 7.56. The molecule has 0 aliphatic carbocycles. The molecule has 26 heavy (non-hydrogen) atoms. The van der Waals surface area contributed by atoms with Crippen LogP contribution in [0.5, 0.6) is 0 Å². The molecule has 1 saturated heterocycles. The van der Waals surface area contributed by atoms with E-state index in [0.717, 1.165) is 17.0 Å². The van der Waals surface area contributed by atoms with Gasteiger partial charge in [0, 0.05) is 31.5 Å². The van der Waals surface area contributed by atoms with Gasteiger partial charge in [0.25, 0.3) is 0 Å². The minimum atomic E-state index is -4.76. The molecule has 1 N–H and O–H groups in total. The fourth-order valence-electron chi connectivity index (χ4n) is 2.78. The topological polar surface area (TPSA) is 74.7 Å². The number of benzene rings is 1. The predicted molar refractivity (Wildman–Crippen MR) is 77.2 cm³/mol. The molecule has 1 amide bonds. The van der Waals surface area contributed by atoms with E-state index in [1.807, 2.05) is 0 Å². The molecule has 0 spiro atoms. The minimum Gasteiger partial charge on any atom is -0.481 e. The number of hydrogen-bond acceptors (Lipinski definition) is 3. The van der Waals surface area contributed by atoms with Crippen molar-refractivity contribution < 1.29 is 41.4 Å². The van der Waals surface area contributed by atoms with Crippen LogP contribution in [0.3, 0.4) is 0 Å². The second kappa shape index (κ2) is 7.38. The summed E-state index contributed by atoms with van der Waals surface area (Å²) in [6.07, 6.45) is -5.65. The number of rotatable bonds is 5. The maximum atomic E-state index is 13.1. The molecule has 1 aliphatic heterocycles. The third-order valence-corrected chi connectivity index (χ3v) is 4.22. The van der Waals surface area contributed by atoms with Crippen LogP contribution < -0.4 is 0 Å². The first-order valence-electron chi connectivity index (χ1n) is 7.56. The molecule has 1 aliphatic rings. The van der Waals surface area contributed by atoms with E-state index in [1.54, 1.807) is 0 Å². The van der Waals surface area contributed by atoms with E-state index >= 15 is 0 Å². The monoisotopic (exact) mass is 379 g/mol. The van der Waals surface area contributed by atoms with Crippen molar-refractivity contribution >= 4 is 17.7 Å². The van der Waals surface area contributed by atoms with Crippen LogP contribution in [0, 0.1) is 23.5 Å². The summed E-state index contributed by atoms with van der Waals surface area (Å²) >= 11 is 0. The van der Waals surface area contributed by atoms with Crippen LogP contribution in [-0.2, 0) is 9.59 Å². The molecule has 2 atom stereocenters. The lowest BCUT2D eigenvalue weighted by molar-refractivity contribution is -0.188. The molecular formula is C16H14F5NO4. The molecule has 5 nitrogen and oxygen atoms in total. The summed E-state index contributed by atoms with van der Waals surface area (Å²) in [7, 11) is 0. The van der Waals surface area contributed by atoms with E-state index in [4.69, 9.17) is 5.11 Å². The average molecular weight is 379 g/mol. The van der Waals surface area contributed by atoms with Gasteiger partial charge in [0.05, 0.1) is 11.8 Å². The van der Waals surface area contributed by atoms with Gasteiger partial charge in [-0.3, -0.25) is 14.4 Å². The maximum absolute atomic E-state index is 13.1. The Morgan fingerprint density at radius 2 is 1.73 bits per heavy atom. The van der Waals surface area contributed by atoms with E-state index in [0.29, 0.717) is 6.07 Å². The number of carbonyl (C=O) groups excluding carboxylic acids is 2. The Kier molecular flexibility index (Phi) is 5.62. The third-order valence-electron chi connectivity index (χ3n) is 4.22. The summed E-state index contributed by atoms with van der Waals surface area (Å²) in [5.41, 5.74) is -0.172. The molecule has 0 bridgehead atoms. The average Bonchev–Trinajstić information content (AvgIpc) is 3.01. The SMILES string of the molecule is O=C(CCC(=O)N1C[C@@H](C(F)(F)F)[C@H](C(=O)O)C1)c1ccc(F)c(F)c1. The number of amides is 1. The number of nitrogens with zero attached hydrogens (tertiary/aromatic N) is 1. The molecule has 142 valence electrons. The maximum Gasteiger partial charge on any atom is 0.394 e. The number of likely N-dealkylation sites (tertiary alicyclic amines) is 1. The molecule has 2 rings (SSSR count). The van der Waals surface area contributed by atoms with E-state index in [-0.39, 0.29) is 5.56 Å². The van der Waals surface area contributed by atoms with Gasteiger partial charge in [-0.1, -0.05) is 0 Å². The third kappa shape index (κ3) is 4.36. The number of Topliss-reactive ketones (excluding diaryl/α,β-unsaturated/α-hetero) is 1. The Morgan fingerprint density at radius 3 is 2.23 bits per heavy atom. The summed E-state index contributed by atoms with van der Waals surface area (Å²) in [6.45, 7) is -1.39. The van der Waals surface area contributed by atoms with Crippen molar-refractivity contribution in [2.24, 2.45) is 11.8 Å². The Hall–Kier alpha value is -2.52. The van der Waals surface area contributed by atoms with Crippen molar-refractivity contribution in [3.63, 3.8) is 0 Å². The second-order valence-electron chi connectivity index (χ2n) is 5.94. The summed E-state index contributed by atoms with van der Waals surface area (Å²) in [5, 5.41) is 8.90. The molecule has 0 radical (unpaired) electrons. The Bertz CT molecular complexity index is 734. The highest BCUT2D eigenvalue weighted by molar-refractivity contribution is 5.98. The number of carboxylic acids is 1. The predicted octanol–water partition coefficient (Wildman–Crippen LogP) is 2.65. The Labute approximate surface area is 144 Å². The Balaban J connectivity index is 1.98. The summed E-state index contributed by atoms with van der Waals surface area (Å²) in [5.74, 6) is -9.46. The lowest BCUT2D eigenvalue weighted by atomic mass is 9.96. The van der Waals surface area contributed by atoms with Gasteiger partial charge in [-0.2, -0.15) is 13.2 Å². The van der Waals surface area contributed by atoms with Gasteiger partial charge in [0.1, 0.15) is 0 Å². The summed E-state index contributed by atoms with van der Waals surface area (Å²) in [6, 6.07) is 2.44. The molecule has 1 heterocycles. The second-order valence-corrected chi connectivity index (χ2v) is 5.94. The van der Waals surface area contributed by atoms with E-state index in [2.05, 4.69) is 0 Å². The van der Waals surface area contributed by atoms with Crippen molar-refractivity contribution in [1.82, 2.24) is 4.90 Å². The zero-order chi connectivity index (χ0) is 19.6. The number of alkyl halides is 3. The fraction of sp³-hybridized carbons (Fsp3) is 0.438. The molecule has 0 unspecified atom stereocenters. The molecular weight excluding hydrogens is 365 g/mol. The van der Waals surface area contributed by atoms with Crippen LogP contribution >= 0.6 is 0 Å². The van der Waals surface area contributed by atoms with Gasteiger partial charge in [0.15, 0.2) is 17.4 Å². The van der Waals surface area contributed by atoms with Crippen molar-refractivity contribution in [2.45, 2.75) is 19.0 Å². The quantitative estimate of drug-likeness (QED) is 0.631. The van der Waals surface area contributed by atoms with Crippen LogP contribution in [0.2, 0.25) is 0 Å². The lowest BCUT2D eigenvalue weighted by Gasteiger charge is -2.18. The van der Waals surface area contributed by atoms with Crippen LogP contribution in [0.4, 0.5) is 22.0 Å². The smallest absolute Gasteiger partial charge is 0.394 e. The molecule has 1 aromatic carbocycles. The van der Waals surface area contributed by atoms with Gasteiger partial charge in [-0.25, -0.2) is 8.78 Å². The normalized spacial score (nSPS) is 20.3. The largest absolute Gasteiger partial charge is 0.481 e. The number of hydrogen-bond donors (Lipinski definition) is 1. The summed E-state index contributed by atoms with van der Waals surface area (Å²) in [4.78, 5) is 35.7. The number of halogens is 5. The van der Waals surface area contributed by atoms with E-state index in [1.165, 1.54) is 0 Å². The fourth-order valence-corrected chi connectivity index (χ4v) is 2.78. The van der Waals surface area contributed by atoms with Crippen LogP contribution in [0.15, 0.2) is 18.2 Å². The first kappa shape index (κ1) is 19.8. The van der Waals surface area contributed by atoms with Crippen molar-refractivity contribution in [2.75, 3.05) is 13.1 Å². The molecule has 10 heteroatoms. The zero-order valence-corrected chi connectivity index (χ0v) is 13.2. The molecule has 1 aromatic rings. The van der Waals surface area contributed by atoms with Crippen molar-refractivity contribution in [1.29, 1.82) is 0 Å². The lowest BCUT2D eigenvalue weighted by Crippen LogP contribution is -2.34. The number of ketones is 1. The van der Waals surface area contributed by atoms with Gasteiger partial charge < -0.3 is 10.0 Å². The Morgan fingerprint density at radius 1 is 1.08 bits per heavy atom. The number of aliphatic carboxylic acids is 1. The van der Waals surface area contributed by atoms with Crippen LogP contribution in [-0.4, -0.2) is 46.9 Å². The van der Waals surface area contributed by atoms with Gasteiger partial charge in [-0.15, -0.1) is 0 Å². The molecule has 0 saturated carbocycles. The zero-order valence-electron chi connectivity index (χ0n) is 13.2. The van der Waals surface area contributed by atoms with E-state index < -0.39 is 73.2 Å². The van der Waals surface area contributed by atoms with Crippen LogP contribution in [0.1, 0.15) is 23.2 Å². The highest BCUT2D eigenvalue weighted by Gasteiger charge is 2.53. The minimum absolute atomic E-state index is 0.172. The molecule has 1 fully saturated rings. The summed E-state index contributed by atoms with van der Waals surface area (Å²) < 4.78 is 64.6. The highest BCUT2D eigenvalue weighted by atomic mass is 19.4. The number of carbonyl (C=O) groups is 3. The molecule has 0 aromatic heterocycles. The number of carboxylic acid groups (broad SMARTS) is 1. The van der Waals surface area contributed by atoms with Crippen molar-refractivity contribution in [3.8, 4) is 0 Å². The van der Waals surface area contributed by atoms with E-state index in [9.17, 15) is 36.3 Å². The van der Waals surface area contributed by atoms with Crippen molar-refractivity contribution in [3.05, 3.63) is 35.4 Å². The van der Waals surface area contributed by atoms with Gasteiger partial charge in [0.2, 0.25) is 5.91 Å². The van der Waals surface area contributed by atoms with Gasteiger partial charge >= 0.3 is 12.1 Å². The van der Waals surface area contributed by atoms with Gasteiger partial charge in [-0.05, 0) is 18.2 Å². The van der Waals surface area contributed by atoms with Crippen LogP contribution in [0.25, 0.3) is 0 Å². The standard InChI is InChI=1S/C16H14F5NO4/c17-11-2-1-8(5-12(11)18)13(23)3-4-14(24)22-6-9(15(25)26)10(7-22)16(19,20)21/h1-2,5,9-10H,3-4,6-7H2,(H,25,26)/t9-,10-/m1/s1. The highest BCUT2D eigenvalue weighted by Crippen LogP contribution is 2.38.